The van der Waals surface area contributed by atoms with Crippen molar-refractivity contribution in [3.05, 3.63) is 75.4 Å². The van der Waals surface area contributed by atoms with Gasteiger partial charge in [0.05, 0.1) is 20.1 Å². The monoisotopic (exact) mass is 495 g/mol. The maximum absolute atomic E-state index is 13.0. The molecule has 2 aromatic carbocycles. The molecule has 0 radical (unpaired) electrons. The van der Waals surface area contributed by atoms with Gasteiger partial charge in [-0.2, -0.15) is 0 Å². The van der Waals surface area contributed by atoms with E-state index in [1.165, 1.54) is 0 Å². The summed E-state index contributed by atoms with van der Waals surface area (Å²) in [5, 5.41) is 0.0796. The summed E-state index contributed by atoms with van der Waals surface area (Å²) >= 11 is 3.36. The molecule has 0 spiro atoms. The highest BCUT2D eigenvalue weighted by Gasteiger charge is 2.26. The molecule has 0 aliphatic heterocycles. The van der Waals surface area contributed by atoms with Gasteiger partial charge in [0.2, 0.25) is 9.84 Å². The van der Waals surface area contributed by atoms with Crippen LogP contribution in [0.3, 0.4) is 0 Å². The lowest BCUT2D eigenvalue weighted by Crippen LogP contribution is -2.10. The average Bonchev–Trinajstić information content (AvgIpc) is 2.95. The molecule has 0 bridgehead atoms. The third kappa shape index (κ3) is 4.49. The number of aromatic nitrogens is 1. The molecule has 8 heteroatoms. The Balaban J connectivity index is 1.90. The largest absolute Gasteiger partial charge is 0.340 e. The molecule has 0 saturated heterocycles. The van der Waals surface area contributed by atoms with Crippen LogP contribution < -0.4 is 0 Å². The molecule has 0 atom stereocenters. The first-order chi connectivity index (χ1) is 13.5. The number of aryl methyl sites for hydroxylation is 2. The molecular formula is C21H22BrNO4S2. The number of hydrogen-bond donors (Lipinski definition) is 1. The smallest absolute Gasteiger partial charge is 0.222 e. The van der Waals surface area contributed by atoms with Crippen molar-refractivity contribution in [2.24, 2.45) is 0 Å². The highest BCUT2D eigenvalue weighted by atomic mass is 79.9. The van der Waals surface area contributed by atoms with E-state index in [4.69, 9.17) is 0 Å². The van der Waals surface area contributed by atoms with Gasteiger partial charge in [0.25, 0.3) is 0 Å². The van der Waals surface area contributed by atoms with Gasteiger partial charge in [0.1, 0.15) is 5.03 Å². The normalized spacial score (nSPS) is 12.3. The maximum atomic E-state index is 13.0. The minimum Gasteiger partial charge on any atom is -0.340 e. The summed E-state index contributed by atoms with van der Waals surface area (Å²) in [4.78, 5) is 3.34. The number of sulfone groups is 2. The number of halogens is 1. The molecule has 3 rings (SSSR count). The second kappa shape index (κ2) is 8.08. The lowest BCUT2D eigenvalue weighted by atomic mass is 10.2. The molecule has 1 N–H and O–H groups in total. The molecule has 0 aliphatic carbocycles. The van der Waals surface area contributed by atoms with E-state index >= 15 is 0 Å². The fraction of sp³-hybridized carbons (Fsp3) is 0.238. The van der Waals surface area contributed by atoms with Crippen LogP contribution in [0.15, 0.2) is 68.0 Å². The zero-order chi connectivity index (χ0) is 21.4. The first kappa shape index (κ1) is 21.8. The van der Waals surface area contributed by atoms with Gasteiger partial charge in [-0.25, -0.2) is 16.8 Å². The highest BCUT2D eigenvalue weighted by molar-refractivity contribution is 9.10. The Bertz CT molecular complexity index is 1240. The molecule has 0 unspecified atom stereocenters. The van der Waals surface area contributed by atoms with Crippen LogP contribution in [0, 0.1) is 20.8 Å². The molecular weight excluding hydrogens is 474 g/mol. The van der Waals surface area contributed by atoms with E-state index in [1.54, 1.807) is 55.5 Å². The van der Waals surface area contributed by atoms with Crippen LogP contribution >= 0.6 is 15.9 Å². The quantitative estimate of drug-likeness (QED) is 0.543. The second-order valence-electron chi connectivity index (χ2n) is 7.07. The predicted octanol–water partition coefficient (Wildman–Crippen LogP) is 4.55. The Kier molecular flexibility index (Phi) is 6.08. The van der Waals surface area contributed by atoms with Crippen molar-refractivity contribution in [2.75, 3.05) is 5.75 Å². The van der Waals surface area contributed by atoms with Gasteiger partial charge in [-0.05, 0) is 78.5 Å². The standard InChI is InChI=1S/C21H22BrNO4S2/c1-14-4-8-17(9-5-14)28(24,25)13-12-19-16(3)21(23-20(19)22)29(26,27)18-10-6-15(2)7-11-18/h4-11,23H,12-13H2,1-3H3. The SMILES string of the molecule is Cc1ccc(S(=O)(=O)CCc2c(Br)[nH]c(S(=O)(=O)c3ccc(C)cc3)c2C)cc1. The number of nitrogens with one attached hydrogen (secondary N) is 1. The van der Waals surface area contributed by atoms with E-state index in [1.807, 2.05) is 13.8 Å². The molecule has 0 fully saturated rings. The predicted molar refractivity (Wildman–Crippen MR) is 117 cm³/mol. The van der Waals surface area contributed by atoms with E-state index in [-0.39, 0.29) is 27.0 Å². The van der Waals surface area contributed by atoms with Crippen LogP contribution in [0.4, 0.5) is 0 Å². The van der Waals surface area contributed by atoms with Crippen LogP contribution in [-0.4, -0.2) is 27.6 Å². The van der Waals surface area contributed by atoms with Crippen LogP contribution in [0.5, 0.6) is 0 Å². The second-order valence-corrected chi connectivity index (χ2v) is 11.9. The van der Waals surface area contributed by atoms with Gasteiger partial charge in [0, 0.05) is 0 Å². The van der Waals surface area contributed by atoms with E-state index in [9.17, 15) is 16.8 Å². The average molecular weight is 496 g/mol. The first-order valence-corrected chi connectivity index (χ1v) is 12.9. The summed E-state index contributed by atoms with van der Waals surface area (Å²) in [6, 6.07) is 13.3. The minimum atomic E-state index is -3.73. The summed E-state index contributed by atoms with van der Waals surface area (Å²) in [5.74, 6) is -0.114. The van der Waals surface area contributed by atoms with Gasteiger partial charge >= 0.3 is 0 Å². The molecule has 0 aliphatic rings. The summed E-state index contributed by atoms with van der Waals surface area (Å²) in [6.45, 7) is 5.47. The third-order valence-electron chi connectivity index (χ3n) is 4.88. The van der Waals surface area contributed by atoms with Crippen molar-refractivity contribution >= 4 is 35.6 Å². The first-order valence-electron chi connectivity index (χ1n) is 9.00. The van der Waals surface area contributed by atoms with Crippen molar-refractivity contribution in [3.63, 3.8) is 0 Å². The Morgan fingerprint density at radius 2 is 1.28 bits per heavy atom. The lowest BCUT2D eigenvalue weighted by Gasteiger charge is -2.07. The summed E-state index contributed by atoms with van der Waals surface area (Å²) in [5.41, 5.74) is 3.12. The summed E-state index contributed by atoms with van der Waals surface area (Å²) in [7, 11) is -7.21. The molecule has 5 nitrogen and oxygen atoms in total. The van der Waals surface area contributed by atoms with E-state index in [0.717, 1.165) is 11.1 Å². The van der Waals surface area contributed by atoms with Crippen LogP contribution in [0.2, 0.25) is 0 Å². The van der Waals surface area contributed by atoms with Gasteiger partial charge in [-0.15, -0.1) is 0 Å². The maximum Gasteiger partial charge on any atom is 0.222 e. The van der Waals surface area contributed by atoms with E-state index in [0.29, 0.717) is 15.7 Å². The van der Waals surface area contributed by atoms with Crippen LogP contribution in [0.25, 0.3) is 0 Å². The van der Waals surface area contributed by atoms with E-state index < -0.39 is 19.7 Å². The third-order valence-corrected chi connectivity index (χ3v) is 9.13. The molecule has 3 aromatic rings. The zero-order valence-electron chi connectivity index (χ0n) is 16.4. The molecule has 1 aromatic heterocycles. The van der Waals surface area contributed by atoms with Gasteiger partial charge in [-0.1, -0.05) is 35.4 Å². The fourth-order valence-electron chi connectivity index (χ4n) is 3.07. The molecule has 29 heavy (non-hydrogen) atoms. The van der Waals surface area contributed by atoms with Gasteiger partial charge in [0.15, 0.2) is 9.84 Å². The van der Waals surface area contributed by atoms with Crippen molar-refractivity contribution in [2.45, 2.75) is 42.0 Å². The van der Waals surface area contributed by atoms with E-state index in [2.05, 4.69) is 20.9 Å². The highest BCUT2D eigenvalue weighted by Crippen LogP contribution is 2.31. The number of rotatable bonds is 6. The van der Waals surface area contributed by atoms with Gasteiger partial charge < -0.3 is 4.98 Å². The van der Waals surface area contributed by atoms with Crippen molar-refractivity contribution in [1.29, 1.82) is 0 Å². The Morgan fingerprint density at radius 3 is 1.79 bits per heavy atom. The van der Waals surface area contributed by atoms with Gasteiger partial charge in [-0.3, -0.25) is 0 Å². The zero-order valence-corrected chi connectivity index (χ0v) is 19.6. The van der Waals surface area contributed by atoms with Crippen molar-refractivity contribution < 1.29 is 16.8 Å². The van der Waals surface area contributed by atoms with Crippen LogP contribution in [0.1, 0.15) is 22.3 Å². The number of hydrogen-bond acceptors (Lipinski definition) is 4. The molecule has 0 saturated carbocycles. The number of H-pyrrole nitrogens is 1. The Hall–Kier alpha value is -1.90. The minimum absolute atomic E-state index is 0.0796. The number of aromatic amines is 1. The number of benzene rings is 2. The summed E-state index contributed by atoms with van der Waals surface area (Å²) < 4.78 is 51.8. The summed E-state index contributed by atoms with van der Waals surface area (Å²) in [6.07, 6.45) is 0.197. The molecule has 1 heterocycles. The fourth-order valence-corrected chi connectivity index (χ4v) is 6.65. The van der Waals surface area contributed by atoms with Crippen molar-refractivity contribution in [3.8, 4) is 0 Å². The topological polar surface area (TPSA) is 84.1 Å². The van der Waals surface area contributed by atoms with Crippen molar-refractivity contribution in [1.82, 2.24) is 4.98 Å². The lowest BCUT2D eigenvalue weighted by molar-refractivity contribution is 0.592. The Labute approximate surface area is 180 Å². The van der Waals surface area contributed by atoms with Crippen LogP contribution in [-0.2, 0) is 26.1 Å². The Morgan fingerprint density at radius 1 is 0.793 bits per heavy atom. The molecule has 154 valence electrons. The molecule has 0 amide bonds.